The van der Waals surface area contributed by atoms with Crippen molar-refractivity contribution in [2.75, 3.05) is 18.5 Å². The van der Waals surface area contributed by atoms with Crippen molar-refractivity contribution in [2.24, 2.45) is 0 Å². The molecule has 5 rings (SSSR count). The summed E-state index contributed by atoms with van der Waals surface area (Å²) in [4.78, 5) is 34.8. The largest absolute Gasteiger partial charge is 0.341 e. The predicted molar refractivity (Wildman–Crippen MR) is 126 cm³/mol. The fraction of sp³-hybridized carbons (Fsp3) is 0.423. The van der Waals surface area contributed by atoms with Crippen molar-refractivity contribution < 1.29 is 9.59 Å². The second-order valence-electron chi connectivity index (χ2n) is 9.08. The van der Waals surface area contributed by atoms with Gasteiger partial charge >= 0.3 is 0 Å². The first-order valence-corrected chi connectivity index (χ1v) is 11.7. The van der Waals surface area contributed by atoms with E-state index >= 15 is 0 Å². The third-order valence-electron chi connectivity index (χ3n) is 7.05. The number of fused-ring (bicyclic) bond motifs is 1. The van der Waals surface area contributed by atoms with Crippen LogP contribution in [0.2, 0.25) is 0 Å². The second kappa shape index (κ2) is 8.77. The minimum Gasteiger partial charge on any atom is -0.341 e. The lowest BCUT2D eigenvalue weighted by atomic mass is 9.94. The van der Waals surface area contributed by atoms with Crippen LogP contribution in [0.3, 0.4) is 0 Å². The summed E-state index contributed by atoms with van der Waals surface area (Å²) in [5, 5.41) is 0. The molecule has 2 aromatic carbocycles. The number of likely N-dealkylation sites (N-methyl/N-ethyl adjacent to an activating group) is 1. The Morgan fingerprint density at radius 1 is 1.03 bits per heavy atom. The molecule has 0 radical (unpaired) electrons. The zero-order valence-electron chi connectivity index (χ0n) is 18.6. The summed E-state index contributed by atoms with van der Waals surface area (Å²) in [5.41, 5.74) is 2.75. The van der Waals surface area contributed by atoms with E-state index in [4.69, 9.17) is 4.98 Å². The second-order valence-corrected chi connectivity index (χ2v) is 9.08. The van der Waals surface area contributed by atoms with Gasteiger partial charge in [-0.3, -0.25) is 9.59 Å². The quantitative estimate of drug-likeness (QED) is 0.605. The molecule has 6 nitrogen and oxygen atoms in total. The zero-order valence-corrected chi connectivity index (χ0v) is 18.6. The molecule has 3 aromatic rings. The van der Waals surface area contributed by atoms with Gasteiger partial charge in [0.25, 0.3) is 0 Å². The first-order chi connectivity index (χ1) is 15.6. The average Bonchev–Trinajstić information content (AvgIpc) is 3.40. The average molecular weight is 431 g/mol. The van der Waals surface area contributed by atoms with Gasteiger partial charge in [0.1, 0.15) is 12.4 Å². The number of amides is 2. The monoisotopic (exact) mass is 430 g/mol. The Morgan fingerprint density at radius 3 is 2.53 bits per heavy atom. The molecule has 6 heteroatoms. The summed E-state index contributed by atoms with van der Waals surface area (Å²) in [5.74, 6) is 1.02. The van der Waals surface area contributed by atoms with Crippen LogP contribution >= 0.6 is 0 Å². The number of rotatable bonds is 5. The van der Waals surface area contributed by atoms with E-state index in [1.54, 1.807) is 0 Å². The summed E-state index contributed by atoms with van der Waals surface area (Å²) >= 11 is 0. The minimum atomic E-state index is -0.0390. The van der Waals surface area contributed by atoms with Crippen LogP contribution in [0.1, 0.15) is 50.3 Å². The molecule has 1 aliphatic carbocycles. The highest BCUT2D eigenvalue weighted by molar-refractivity contribution is 5.96. The number of carbonyl (C=O) groups is 2. The van der Waals surface area contributed by atoms with E-state index in [9.17, 15) is 9.59 Å². The van der Waals surface area contributed by atoms with Gasteiger partial charge in [0, 0.05) is 37.7 Å². The van der Waals surface area contributed by atoms with Crippen molar-refractivity contribution >= 4 is 28.5 Å². The van der Waals surface area contributed by atoms with Crippen molar-refractivity contribution in [3.63, 3.8) is 0 Å². The van der Waals surface area contributed by atoms with Crippen molar-refractivity contribution in [3.8, 4) is 0 Å². The van der Waals surface area contributed by atoms with E-state index in [1.807, 2.05) is 76.0 Å². The molecule has 1 unspecified atom stereocenters. The Hall–Kier alpha value is -3.15. The smallest absolute Gasteiger partial charge is 0.242 e. The number of nitrogens with zero attached hydrogens (tertiary/aromatic N) is 4. The normalized spacial score (nSPS) is 19.6. The maximum atomic E-state index is 13.3. The van der Waals surface area contributed by atoms with Crippen molar-refractivity contribution in [2.45, 2.75) is 57.0 Å². The zero-order chi connectivity index (χ0) is 22.1. The predicted octanol–water partition coefficient (Wildman–Crippen LogP) is 4.35. The molecule has 2 heterocycles. The van der Waals surface area contributed by atoms with E-state index in [-0.39, 0.29) is 24.3 Å². The number of hydrogen-bond acceptors (Lipinski definition) is 3. The summed E-state index contributed by atoms with van der Waals surface area (Å²) < 4.78 is 2.05. The van der Waals surface area contributed by atoms with E-state index in [0.717, 1.165) is 35.4 Å². The highest BCUT2D eigenvalue weighted by Crippen LogP contribution is 2.33. The van der Waals surface area contributed by atoms with Crippen molar-refractivity contribution in [1.29, 1.82) is 0 Å². The number of carbonyl (C=O) groups excluding carboxylic acids is 2. The molecule has 2 fully saturated rings. The van der Waals surface area contributed by atoms with Crippen LogP contribution in [-0.4, -0.2) is 45.9 Å². The van der Waals surface area contributed by atoms with E-state index in [1.165, 1.54) is 19.3 Å². The number of aromatic nitrogens is 2. The maximum Gasteiger partial charge on any atom is 0.242 e. The van der Waals surface area contributed by atoms with Gasteiger partial charge in [-0.25, -0.2) is 4.98 Å². The van der Waals surface area contributed by atoms with Gasteiger partial charge in [-0.2, -0.15) is 0 Å². The lowest BCUT2D eigenvalue weighted by Gasteiger charge is -2.31. The van der Waals surface area contributed by atoms with Gasteiger partial charge in [-0.15, -0.1) is 0 Å². The molecule has 1 aromatic heterocycles. The van der Waals surface area contributed by atoms with Gasteiger partial charge in [0.15, 0.2) is 0 Å². The summed E-state index contributed by atoms with van der Waals surface area (Å²) in [7, 11) is 1.94. The molecular weight excluding hydrogens is 400 g/mol. The Bertz CT molecular complexity index is 1120. The molecule has 2 amide bonds. The lowest BCUT2D eigenvalue weighted by molar-refractivity contribution is -0.133. The van der Waals surface area contributed by atoms with Gasteiger partial charge in [-0.05, 0) is 37.1 Å². The molecule has 1 saturated heterocycles. The molecule has 1 aliphatic heterocycles. The standard InChI is InChI=1S/C26H30N4O2/c1-28(20-10-4-2-5-11-20)25(32)18-30-23-15-9-8-14-22(23)27-26(30)19-16-24(31)29(17-19)21-12-6-3-7-13-21/h3,6-9,12-15,19-20H,2,4-5,10-11,16-18H2,1H3. The summed E-state index contributed by atoms with van der Waals surface area (Å²) in [6.45, 7) is 0.845. The first kappa shape index (κ1) is 20.7. The molecular formula is C26H30N4O2. The van der Waals surface area contributed by atoms with Crippen LogP contribution < -0.4 is 4.90 Å². The van der Waals surface area contributed by atoms with Crippen molar-refractivity contribution in [3.05, 3.63) is 60.4 Å². The number of imidazole rings is 1. The Kier molecular flexibility index (Phi) is 5.68. The van der Waals surface area contributed by atoms with Crippen LogP contribution in [0.25, 0.3) is 11.0 Å². The molecule has 166 valence electrons. The molecule has 1 saturated carbocycles. The Balaban J connectivity index is 1.43. The minimum absolute atomic E-state index is 0.0390. The van der Waals surface area contributed by atoms with Crippen molar-refractivity contribution in [1.82, 2.24) is 14.5 Å². The van der Waals surface area contributed by atoms with Crippen LogP contribution in [0.4, 0.5) is 5.69 Å². The van der Waals surface area contributed by atoms with Crippen LogP contribution in [0, 0.1) is 0 Å². The van der Waals surface area contributed by atoms with Gasteiger partial charge in [0.05, 0.1) is 11.0 Å². The van der Waals surface area contributed by atoms with E-state index < -0.39 is 0 Å². The number of hydrogen-bond donors (Lipinski definition) is 0. The number of anilines is 1. The Labute approximate surface area is 188 Å². The van der Waals surface area contributed by atoms with Gasteiger partial charge in [0.2, 0.25) is 11.8 Å². The lowest BCUT2D eigenvalue weighted by Crippen LogP contribution is -2.40. The van der Waals surface area contributed by atoms with Crippen LogP contribution in [-0.2, 0) is 16.1 Å². The Morgan fingerprint density at radius 2 is 1.75 bits per heavy atom. The summed E-state index contributed by atoms with van der Waals surface area (Å²) in [6.07, 6.45) is 6.24. The molecule has 1 atom stereocenters. The number of benzene rings is 2. The maximum absolute atomic E-state index is 13.3. The SMILES string of the molecule is CN(C(=O)Cn1c(C2CC(=O)N(c3ccccc3)C2)nc2ccccc21)C1CCCCC1. The number of para-hydroxylation sites is 3. The topological polar surface area (TPSA) is 58.4 Å². The van der Waals surface area contributed by atoms with E-state index in [2.05, 4.69) is 0 Å². The van der Waals surface area contributed by atoms with Gasteiger partial charge in [-0.1, -0.05) is 49.6 Å². The van der Waals surface area contributed by atoms with Crippen LogP contribution in [0.15, 0.2) is 54.6 Å². The third-order valence-corrected chi connectivity index (χ3v) is 7.05. The molecule has 0 bridgehead atoms. The molecule has 2 aliphatic rings. The molecule has 0 spiro atoms. The first-order valence-electron chi connectivity index (χ1n) is 11.7. The van der Waals surface area contributed by atoms with E-state index in [0.29, 0.717) is 19.0 Å². The highest BCUT2D eigenvalue weighted by atomic mass is 16.2. The fourth-order valence-corrected chi connectivity index (χ4v) is 5.23. The highest BCUT2D eigenvalue weighted by Gasteiger charge is 2.35. The van der Waals surface area contributed by atoms with Gasteiger partial charge < -0.3 is 14.4 Å². The third kappa shape index (κ3) is 3.90. The molecule has 32 heavy (non-hydrogen) atoms. The summed E-state index contributed by atoms with van der Waals surface area (Å²) in [6, 6.07) is 18.1. The fourth-order valence-electron chi connectivity index (χ4n) is 5.23. The molecule has 0 N–H and O–H groups in total. The van der Waals surface area contributed by atoms with Crippen LogP contribution in [0.5, 0.6) is 0 Å².